The molecule has 1 heterocycles. The van der Waals surface area contributed by atoms with Gasteiger partial charge in [-0.2, -0.15) is 0 Å². The van der Waals surface area contributed by atoms with Gasteiger partial charge in [0.2, 0.25) is 5.91 Å². The maximum absolute atomic E-state index is 13.4. The molecule has 0 aliphatic carbocycles. The zero-order valence-corrected chi connectivity index (χ0v) is 17.7. The van der Waals surface area contributed by atoms with Crippen LogP contribution in [0.1, 0.15) is 22.8 Å². The zero-order chi connectivity index (χ0) is 21.5. The maximum atomic E-state index is 13.4. The Bertz CT molecular complexity index is 878. The van der Waals surface area contributed by atoms with Gasteiger partial charge in [-0.25, -0.2) is 4.79 Å². The quantitative estimate of drug-likeness (QED) is 0.557. The summed E-state index contributed by atoms with van der Waals surface area (Å²) in [6.07, 6.45) is 0. The predicted octanol–water partition coefficient (Wildman–Crippen LogP) is 2.23. The highest BCUT2D eigenvalue weighted by Crippen LogP contribution is 2.24. The van der Waals surface area contributed by atoms with Gasteiger partial charge in [0, 0.05) is 31.9 Å². The standard InChI is InChI=1S/C23H30N4O3/c1-3-30-23(29)20-9-4-5-10-21(20)27(16-18-7-6-8-19(24)15-18)22(28)17-26-13-11-25(2)12-14-26/h4-10,15H,3,11-14,16-17,24H2,1-2H3. The predicted molar refractivity (Wildman–Crippen MR) is 118 cm³/mol. The topological polar surface area (TPSA) is 79.1 Å². The van der Waals surface area contributed by atoms with Crippen LogP contribution in [0, 0.1) is 0 Å². The van der Waals surface area contributed by atoms with Gasteiger partial charge in [0.15, 0.2) is 0 Å². The van der Waals surface area contributed by atoms with Crippen LogP contribution in [-0.4, -0.2) is 68.1 Å². The molecular weight excluding hydrogens is 380 g/mol. The van der Waals surface area contributed by atoms with Crippen molar-refractivity contribution in [1.29, 1.82) is 0 Å². The highest BCUT2D eigenvalue weighted by Gasteiger charge is 2.25. The van der Waals surface area contributed by atoms with Crippen molar-refractivity contribution < 1.29 is 14.3 Å². The van der Waals surface area contributed by atoms with E-state index in [1.54, 1.807) is 30.0 Å². The minimum absolute atomic E-state index is 0.0567. The first kappa shape index (κ1) is 21.8. The molecule has 0 bridgehead atoms. The number of nitrogens with two attached hydrogens (primary N) is 1. The van der Waals surface area contributed by atoms with Crippen LogP contribution < -0.4 is 10.6 Å². The van der Waals surface area contributed by atoms with Gasteiger partial charge in [0.25, 0.3) is 0 Å². The van der Waals surface area contributed by atoms with Gasteiger partial charge in [-0.05, 0) is 43.8 Å². The molecule has 1 saturated heterocycles. The monoisotopic (exact) mass is 410 g/mol. The number of para-hydroxylation sites is 1. The Hall–Kier alpha value is -2.90. The number of anilines is 2. The molecule has 2 N–H and O–H groups in total. The first-order valence-corrected chi connectivity index (χ1v) is 10.3. The van der Waals surface area contributed by atoms with E-state index in [0.29, 0.717) is 30.0 Å². The lowest BCUT2D eigenvalue weighted by molar-refractivity contribution is -0.120. The van der Waals surface area contributed by atoms with Crippen LogP contribution in [0.2, 0.25) is 0 Å². The molecular formula is C23H30N4O3. The van der Waals surface area contributed by atoms with Gasteiger partial charge in [-0.3, -0.25) is 9.69 Å². The summed E-state index contributed by atoms with van der Waals surface area (Å²) in [5, 5.41) is 0. The number of esters is 1. The molecule has 160 valence electrons. The Morgan fingerprint density at radius 3 is 2.50 bits per heavy atom. The molecule has 1 amide bonds. The molecule has 2 aromatic rings. The van der Waals surface area contributed by atoms with E-state index in [-0.39, 0.29) is 12.5 Å². The fourth-order valence-corrected chi connectivity index (χ4v) is 3.55. The van der Waals surface area contributed by atoms with Crippen molar-refractivity contribution in [2.75, 3.05) is 57.0 Å². The van der Waals surface area contributed by atoms with Crippen LogP contribution in [0.15, 0.2) is 48.5 Å². The van der Waals surface area contributed by atoms with Crippen molar-refractivity contribution in [2.24, 2.45) is 0 Å². The third-order valence-electron chi connectivity index (χ3n) is 5.24. The van der Waals surface area contributed by atoms with Gasteiger partial charge in [-0.1, -0.05) is 24.3 Å². The van der Waals surface area contributed by atoms with Gasteiger partial charge in [0.05, 0.1) is 30.9 Å². The second-order valence-corrected chi connectivity index (χ2v) is 7.54. The SMILES string of the molecule is CCOC(=O)c1ccccc1N(Cc1cccc(N)c1)C(=O)CN1CCN(C)CC1. The summed E-state index contributed by atoms with van der Waals surface area (Å²) in [5.41, 5.74) is 8.42. The van der Waals surface area contributed by atoms with Crippen LogP contribution in [0.25, 0.3) is 0 Å². The lowest BCUT2D eigenvalue weighted by atomic mass is 10.1. The summed E-state index contributed by atoms with van der Waals surface area (Å²) in [5.74, 6) is -0.489. The van der Waals surface area contributed by atoms with Crippen molar-refractivity contribution in [3.63, 3.8) is 0 Å². The van der Waals surface area contributed by atoms with Crippen LogP contribution in [-0.2, 0) is 16.1 Å². The summed E-state index contributed by atoms with van der Waals surface area (Å²) in [4.78, 5) is 32.0. The molecule has 7 nitrogen and oxygen atoms in total. The average Bonchev–Trinajstić information content (AvgIpc) is 2.74. The summed E-state index contributed by atoms with van der Waals surface area (Å²) in [7, 11) is 2.08. The molecule has 0 unspecified atom stereocenters. The van der Waals surface area contributed by atoms with Crippen LogP contribution in [0.3, 0.4) is 0 Å². The molecule has 3 rings (SSSR count). The van der Waals surface area contributed by atoms with Crippen LogP contribution in [0.5, 0.6) is 0 Å². The van der Waals surface area contributed by atoms with Crippen LogP contribution in [0.4, 0.5) is 11.4 Å². The zero-order valence-electron chi connectivity index (χ0n) is 17.7. The fourth-order valence-electron chi connectivity index (χ4n) is 3.55. The van der Waals surface area contributed by atoms with Crippen molar-refractivity contribution in [1.82, 2.24) is 9.80 Å². The number of nitrogen functional groups attached to an aromatic ring is 1. The van der Waals surface area contributed by atoms with Crippen molar-refractivity contribution in [3.05, 3.63) is 59.7 Å². The lowest BCUT2D eigenvalue weighted by Crippen LogP contribution is -2.49. The minimum atomic E-state index is -0.432. The molecule has 0 radical (unpaired) electrons. The molecule has 0 saturated carbocycles. The number of nitrogens with zero attached hydrogens (tertiary/aromatic N) is 3. The van der Waals surface area contributed by atoms with Crippen molar-refractivity contribution in [3.8, 4) is 0 Å². The smallest absolute Gasteiger partial charge is 0.340 e. The van der Waals surface area contributed by atoms with E-state index in [4.69, 9.17) is 10.5 Å². The van der Waals surface area contributed by atoms with E-state index in [9.17, 15) is 9.59 Å². The highest BCUT2D eigenvalue weighted by atomic mass is 16.5. The maximum Gasteiger partial charge on any atom is 0.340 e. The van der Waals surface area contributed by atoms with E-state index in [0.717, 1.165) is 31.7 Å². The molecule has 0 atom stereocenters. The fraction of sp³-hybridized carbons (Fsp3) is 0.391. The first-order valence-electron chi connectivity index (χ1n) is 10.3. The van der Waals surface area contributed by atoms with E-state index in [1.807, 2.05) is 30.3 Å². The van der Waals surface area contributed by atoms with E-state index in [2.05, 4.69) is 16.8 Å². The number of rotatable bonds is 7. The second kappa shape index (κ2) is 10.2. The number of carbonyl (C=O) groups is 2. The van der Waals surface area contributed by atoms with Crippen LogP contribution >= 0.6 is 0 Å². The second-order valence-electron chi connectivity index (χ2n) is 7.54. The molecule has 30 heavy (non-hydrogen) atoms. The molecule has 0 spiro atoms. The number of hydrogen-bond acceptors (Lipinski definition) is 6. The van der Waals surface area contributed by atoms with E-state index < -0.39 is 5.97 Å². The van der Waals surface area contributed by atoms with Crippen molar-refractivity contribution in [2.45, 2.75) is 13.5 Å². The summed E-state index contributed by atoms with van der Waals surface area (Å²) >= 11 is 0. The van der Waals surface area contributed by atoms with E-state index >= 15 is 0 Å². The highest BCUT2D eigenvalue weighted by molar-refractivity contribution is 6.03. The number of likely N-dealkylation sites (N-methyl/N-ethyl adjacent to an activating group) is 1. The summed E-state index contributed by atoms with van der Waals surface area (Å²) < 4.78 is 5.22. The molecule has 0 aromatic heterocycles. The Morgan fingerprint density at radius 2 is 1.80 bits per heavy atom. The Labute approximate surface area is 178 Å². The van der Waals surface area contributed by atoms with Gasteiger partial charge >= 0.3 is 5.97 Å². The number of benzene rings is 2. The number of hydrogen-bond donors (Lipinski definition) is 1. The number of piperazine rings is 1. The average molecular weight is 411 g/mol. The largest absolute Gasteiger partial charge is 0.462 e. The Kier molecular flexibility index (Phi) is 7.43. The lowest BCUT2D eigenvalue weighted by Gasteiger charge is -2.34. The number of amides is 1. The van der Waals surface area contributed by atoms with Gasteiger partial charge in [-0.15, -0.1) is 0 Å². The van der Waals surface area contributed by atoms with Gasteiger partial charge < -0.3 is 20.3 Å². The third-order valence-corrected chi connectivity index (χ3v) is 5.24. The molecule has 2 aromatic carbocycles. The Morgan fingerprint density at radius 1 is 1.07 bits per heavy atom. The Balaban J connectivity index is 1.90. The normalized spacial score (nSPS) is 15.0. The molecule has 7 heteroatoms. The summed E-state index contributed by atoms with van der Waals surface area (Å²) in [6, 6.07) is 14.6. The summed E-state index contributed by atoms with van der Waals surface area (Å²) in [6.45, 7) is 6.22. The number of carbonyl (C=O) groups excluding carboxylic acids is 2. The minimum Gasteiger partial charge on any atom is -0.462 e. The van der Waals surface area contributed by atoms with E-state index in [1.165, 1.54) is 0 Å². The van der Waals surface area contributed by atoms with Crippen molar-refractivity contribution >= 4 is 23.3 Å². The molecule has 1 aliphatic rings. The number of ether oxygens (including phenoxy) is 1. The first-order chi connectivity index (χ1) is 14.5. The molecule has 1 fully saturated rings. The van der Waals surface area contributed by atoms with Gasteiger partial charge in [0.1, 0.15) is 0 Å². The molecule has 1 aliphatic heterocycles. The third kappa shape index (κ3) is 5.58.